The van der Waals surface area contributed by atoms with E-state index in [4.69, 9.17) is 0 Å². The van der Waals surface area contributed by atoms with Crippen molar-refractivity contribution in [3.63, 3.8) is 0 Å². The maximum absolute atomic E-state index is 4.35. The normalized spacial score (nSPS) is 14.2. The van der Waals surface area contributed by atoms with Gasteiger partial charge in [0.05, 0.1) is 5.69 Å². The second-order valence-corrected chi connectivity index (χ2v) is 2.84. The number of hydrogen-bond donors (Lipinski definition) is 2. The van der Waals surface area contributed by atoms with Crippen molar-refractivity contribution < 1.29 is 0 Å². The molecular weight excluding hydrogens is 164 g/mol. The summed E-state index contributed by atoms with van der Waals surface area (Å²) in [6.07, 6.45) is 2.95. The van der Waals surface area contributed by atoms with Gasteiger partial charge in [0, 0.05) is 19.8 Å². The van der Waals surface area contributed by atoms with E-state index in [-0.39, 0.29) is 7.43 Å². The van der Waals surface area contributed by atoms with E-state index >= 15 is 0 Å². The van der Waals surface area contributed by atoms with Crippen LogP contribution in [0.25, 0.3) is 0 Å². The molecule has 4 heteroatoms. The van der Waals surface area contributed by atoms with E-state index in [0.717, 1.165) is 25.2 Å². The third-order valence-corrected chi connectivity index (χ3v) is 2.04. The van der Waals surface area contributed by atoms with Gasteiger partial charge < -0.3 is 10.6 Å². The zero-order chi connectivity index (χ0) is 8.39. The van der Waals surface area contributed by atoms with Gasteiger partial charge in [-0.1, -0.05) is 7.43 Å². The lowest BCUT2D eigenvalue weighted by Crippen LogP contribution is -2.25. The van der Waals surface area contributed by atoms with Crippen molar-refractivity contribution in [2.24, 2.45) is 0 Å². The number of fused-ring (bicyclic) bond motifs is 1. The van der Waals surface area contributed by atoms with Gasteiger partial charge in [-0.25, -0.2) is 9.97 Å². The molecule has 0 saturated carbocycles. The lowest BCUT2D eigenvalue weighted by molar-refractivity contribution is 0.624. The second-order valence-electron chi connectivity index (χ2n) is 2.84. The van der Waals surface area contributed by atoms with Crippen molar-refractivity contribution >= 4 is 5.95 Å². The number of nitrogens with zero attached hydrogens (tertiary/aromatic N) is 2. The second kappa shape index (κ2) is 4.18. The molecule has 0 spiro atoms. The zero-order valence-electron chi connectivity index (χ0n) is 7.09. The van der Waals surface area contributed by atoms with E-state index in [1.807, 2.05) is 13.2 Å². The number of aromatic nitrogens is 2. The molecule has 2 heterocycles. The predicted molar refractivity (Wildman–Crippen MR) is 53.7 cm³/mol. The molecule has 0 atom stereocenters. The van der Waals surface area contributed by atoms with Gasteiger partial charge in [-0.2, -0.15) is 0 Å². The minimum absolute atomic E-state index is 0. The fourth-order valence-corrected chi connectivity index (χ4v) is 1.35. The maximum atomic E-state index is 4.35. The predicted octanol–water partition coefficient (Wildman–Crippen LogP) is 0.800. The van der Waals surface area contributed by atoms with Crippen LogP contribution in [-0.2, 0) is 13.0 Å². The Morgan fingerprint density at radius 3 is 3.15 bits per heavy atom. The van der Waals surface area contributed by atoms with Gasteiger partial charge in [0.15, 0.2) is 0 Å². The molecule has 1 aliphatic rings. The van der Waals surface area contributed by atoms with E-state index in [1.54, 1.807) is 0 Å². The van der Waals surface area contributed by atoms with Gasteiger partial charge >= 0.3 is 0 Å². The summed E-state index contributed by atoms with van der Waals surface area (Å²) in [4.78, 5) is 8.51. The number of anilines is 1. The Bertz CT molecular complexity index is 285. The Balaban J connectivity index is 0.000000845. The van der Waals surface area contributed by atoms with Gasteiger partial charge in [0.25, 0.3) is 0 Å². The maximum Gasteiger partial charge on any atom is 0.222 e. The minimum atomic E-state index is 0. The van der Waals surface area contributed by atoms with Crippen molar-refractivity contribution in [1.29, 1.82) is 0 Å². The van der Waals surface area contributed by atoms with Crippen LogP contribution in [0.1, 0.15) is 18.7 Å². The first-order valence-electron chi connectivity index (χ1n) is 4.13. The quantitative estimate of drug-likeness (QED) is 0.671. The van der Waals surface area contributed by atoms with Crippen LogP contribution in [0.3, 0.4) is 0 Å². The lowest BCUT2D eigenvalue weighted by atomic mass is 10.1. The van der Waals surface area contributed by atoms with E-state index in [1.165, 1.54) is 5.56 Å². The SMILES string of the molecule is C.CNc1ncc2c(n1)CNCC2. The molecular formula is C9H16N4. The van der Waals surface area contributed by atoms with Crippen LogP contribution in [0, 0.1) is 0 Å². The van der Waals surface area contributed by atoms with Crippen LogP contribution >= 0.6 is 0 Å². The Morgan fingerprint density at radius 2 is 2.38 bits per heavy atom. The Kier molecular flexibility index (Phi) is 3.19. The summed E-state index contributed by atoms with van der Waals surface area (Å²) in [5, 5.41) is 6.20. The highest BCUT2D eigenvalue weighted by Gasteiger charge is 2.10. The molecule has 1 aliphatic heterocycles. The van der Waals surface area contributed by atoms with Crippen LogP contribution in [-0.4, -0.2) is 23.6 Å². The molecule has 0 amide bonds. The van der Waals surface area contributed by atoms with Crippen molar-refractivity contribution in [3.8, 4) is 0 Å². The molecule has 13 heavy (non-hydrogen) atoms. The first-order chi connectivity index (χ1) is 5.90. The molecule has 2 N–H and O–H groups in total. The Labute approximate surface area is 78.8 Å². The molecule has 0 aliphatic carbocycles. The number of nitrogens with one attached hydrogen (secondary N) is 2. The molecule has 2 rings (SSSR count). The van der Waals surface area contributed by atoms with Gasteiger partial charge in [0.2, 0.25) is 5.95 Å². The highest BCUT2D eigenvalue weighted by molar-refractivity contribution is 5.29. The zero-order valence-corrected chi connectivity index (χ0v) is 7.09. The summed E-state index contributed by atoms with van der Waals surface area (Å²) in [5.41, 5.74) is 2.40. The highest BCUT2D eigenvalue weighted by atomic mass is 15.1. The summed E-state index contributed by atoms with van der Waals surface area (Å²) < 4.78 is 0. The Morgan fingerprint density at radius 1 is 1.54 bits per heavy atom. The average molecular weight is 180 g/mol. The molecule has 0 saturated heterocycles. The molecule has 1 aromatic rings. The molecule has 1 aromatic heterocycles. The van der Waals surface area contributed by atoms with E-state index < -0.39 is 0 Å². The number of rotatable bonds is 1. The summed E-state index contributed by atoms with van der Waals surface area (Å²) in [6, 6.07) is 0. The number of hydrogen-bond acceptors (Lipinski definition) is 4. The minimum Gasteiger partial charge on any atom is -0.357 e. The summed E-state index contributed by atoms with van der Waals surface area (Å²) in [7, 11) is 1.83. The monoisotopic (exact) mass is 180 g/mol. The molecule has 0 bridgehead atoms. The van der Waals surface area contributed by atoms with E-state index in [9.17, 15) is 0 Å². The van der Waals surface area contributed by atoms with Crippen molar-refractivity contribution in [2.75, 3.05) is 18.9 Å². The van der Waals surface area contributed by atoms with Gasteiger partial charge in [-0.05, 0) is 18.5 Å². The fourth-order valence-electron chi connectivity index (χ4n) is 1.35. The van der Waals surface area contributed by atoms with Crippen LogP contribution in [0.2, 0.25) is 0 Å². The standard InChI is InChI=1S/C8H12N4.CH4/c1-9-8-11-4-6-2-3-10-5-7(6)12-8;/h4,10H,2-3,5H2,1H3,(H,9,11,12);1H4. The highest BCUT2D eigenvalue weighted by Crippen LogP contribution is 2.11. The lowest BCUT2D eigenvalue weighted by Gasteiger charge is -2.15. The largest absolute Gasteiger partial charge is 0.357 e. The average Bonchev–Trinajstić information content (AvgIpc) is 2.17. The van der Waals surface area contributed by atoms with Crippen molar-refractivity contribution in [2.45, 2.75) is 20.4 Å². The van der Waals surface area contributed by atoms with Gasteiger partial charge in [0.1, 0.15) is 0 Å². The third-order valence-electron chi connectivity index (χ3n) is 2.04. The molecule has 0 aromatic carbocycles. The van der Waals surface area contributed by atoms with E-state index in [0.29, 0.717) is 5.95 Å². The summed E-state index contributed by atoms with van der Waals surface area (Å²) >= 11 is 0. The fraction of sp³-hybridized carbons (Fsp3) is 0.556. The Hall–Kier alpha value is -1.16. The smallest absolute Gasteiger partial charge is 0.222 e. The van der Waals surface area contributed by atoms with Crippen LogP contribution in [0.5, 0.6) is 0 Å². The van der Waals surface area contributed by atoms with Crippen LogP contribution in [0.15, 0.2) is 6.20 Å². The summed E-state index contributed by atoms with van der Waals surface area (Å²) in [6.45, 7) is 1.90. The van der Waals surface area contributed by atoms with Crippen molar-refractivity contribution in [1.82, 2.24) is 15.3 Å². The molecule has 4 nitrogen and oxygen atoms in total. The van der Waals surface area contributed by atoms with Crippen LogP contribution < -0.4 is 10.6 Å². The molecule has 0 fully saturated rings. The van der Waals surface area contributed by atoms with Gasteiger partial charge in [-0.3, -0.25) is 0 Å². The molecule has 72 valence electrons. The third kappa shape index (κ3) is 1.95. The molecule has 0 unspecified atom stereocenters. The summed E-state index contributed by atoms with van der Waals surface area (Å²) in [5.74, 6) is 0.706. The van der Waals surface area contributed by atoms with Crippen molar-refractivity contribution in [3.05, 3.63) is 17.5 Å². The van der Waals surface area contributed by atoms with E-state index in [2.05, 4.69) is 20.6 Å². The topological polar surface area (TPSA) is 49.8 Å². The first-order valence-corrected chi connectivity index (χ1v) is 4.13. The van der Waals surface area contributed by atoms with Gasteiger partial charge in [-0.15, -0.1) is 0 Å². The first kappa shape index (κ1) is 9.92. The molecule has 0 radical (unpaired) electrons. The van der Waals surface area contributed by atoms with Crippen LogP contribution in [0.4, 0.5) is 5.95 Å².